The molecule has 2 nitrogen and oxygen atoms in total. The van der Waals surface area contributed by atoms with Crippen molar-refractivity contribution >= 4 is 16.3 Å². The fourth-order valence-corrected chi connectivity index (χ4v) is 1.73. The maximum Gasteiger partial charge on any atom is 0.0882 e. The summed E-state index contributed by atoms with van der Waals surface area (Å²) in [5.74, 6) is 0. The van der Waals surface area contributed by atoms with E-state index in [0.29, 0.717) is 0 Å². The molecule has 0 aromatic carbocycles. The number of rotatable bonds is 3. The fourth-order valence-electron chi connectivity index (χ4n) is 1.11. The third kappa shape index (κ3) is 1.44. The second-order valence-corrected chi connectivity index (χ2v) is 4.17. The van der Waals surface area contributed by atoms with Gasteiger partial charge in [-0.1, -0.05) is 0 Å². The number of nitrogens with one attached hydrogen (secondary N) is 1. The van der Waals surface area contributed by atoms with Crippen molar-refractivity contribution in [1.29, 1.82) is 5.26 Å². The molecule has 1 saturated carbocycles. The molecular weight excluding hydrogens is 168 g/mol. The quantitative estimate of drug-likeness (QED) is 0.771. The Kier molecular flexibility index (Phi) is 1.78. The van der Waals surface area contributed by atoms with Crippen LogP contribution >= 0.6 is 11.3 Å². The molecule has 1 aliphatic rings. The first-order valence-electron chi connectivity index (χ1n) is 4.03. The number of thiophene rings is 1. The summed E-state index contributed by atoms with van der Waals surface area (Å²) in [6.45, 7) is 0.810. The molecule has 0 bridgehead atoms. The van der Waals surface area contributed by atoms with Crippen molar-refractivity contribution in [2.24, 2.45) is 5.41 Å². The Hall–Kier alpha value is -1.01. The lowest BCUT2D eigenvalue weighted by Crippen LogP contribution is -2.12. The summed E-state index contributed by atoms with van der Waals surface area (Å²) < 4.78 is 0. The van der Waals surface area contributed by atoms with Crippen molar-refractivity contribution in [3.8, 4) is 6.07 Å². The van der Waals surface area contributed by atoms with Gasteiger partial charge in [-0.15, -0.1) is 11.3 Å². The summed E-state index contributed by atoms with van der Waals surface area (Å²) in [7, 11) is 0. The predicted octanol–water partition coefficient (Wildman–Crippen LogP) is 2.46. The van der Waals surface area contributed by atoms with E-state index in [0.717, 1.165) is 24.4 Å². The van der Waals surface area contributed by atoms with Crippen molar-refractivity contribution in [3.63, 3.8) is 0 Å². The molecule has 0 radical (unpaired) electrons. The number of hydrogen-bond donors (Lipinski definition) is 1. The first kappa shape index (κ1) is 7.63. The second kappa shape index (κ2) is 2.80. The van der Waals surface area contributed by atoms with E-state index in [4.69, 9.17) is 5.26 Å². The summed E-state index contributed by atoms with van der Waals surface area (Å²) >= 11 is 1.68. The highest BCUT2D eigenvalue weighted by Crippen LogP contribution is 2.44. The molecule has 0 spiro atoms. The standard InChI is InChI=1S/C9H10N2S/c10-6-9(3-4-9)7-11-8-2-1-5-12-8/h1-2,5,11H,3-4,7H2. The molecule has 1 aromatic heterocycles. The van der Waals surface area contributed by atoms with Crippen LogP contribution in [-0.2, 0) is 0 Å². The third-order valence-electron chi connectivity index (χ3n) is 2.21. The van der Waals surface area contributed by atoms with Crippen LogP contribution in [0.5, 0.6) is 0 Å². The van der Waals surface area contributed by atoms with Crippen LogP contribution in [0.2, 0.25) is 0 Å². The molecule has 0 amide bonds. The van der Waals surface area contributed by atoms with E-state index in [-0.39, 0.29) is 5.41 Å². The van der Waals surface area contributed by atoms with Crippen molar-refractivity contribution in [1.82, 2.24) is 0 Å². The highest BCUT2D eigenvalue weighted by molar-refractivity contribution is 7.14. The van der Waals surface area contributed by atoms with Gasteiger partial charge in [-0.25, -0.2) is 0 Å². The largest absolute Gasteiger partial charge is 0.375 e. The summed E-state index contributed by atoms with van der Waals surface area (Å²) in [5.41, 5.74) is -0.0377. The van der Waals surface area contributed by atoms with Gasteiger partial charge in [-0.2, -0.15) is 5.26 Å². The maximum absolute atomic E-state index is 8.80. The van der Waals surface area contributed by atoms with Gasteiger partial charge in [0.1, 0.15) is 0 Å². The van der Waals surface area contributed by atoms with E-state index >= 15 is 0 Å². The average molecular weight is 178 g/mol. The van der Waals surface area contributed by atoms with Gasteiger partial charge in [-0.05, 0) is 30.4 Å². The van der Waals surface area contributed by atoms with Crippen LogP contribution in [0, 0.1) is 16.7 Å². The molecule has 1 fully saturated rings. The van der Waals surface area contributed by atoms with Crippen molar-refractivity contribution in [2.75, 3.05) is 11.9 Å². The van der Waals surface area contributed by atoms with Gasteiger partial charge < -0.3 is 5.32 Å². The molecule has 12 heavy (non-hydrogen) atoms. The number of anilines is 1. The Bertz CT molecular complexity index is 293. The topological polar surface area (TPSA) is 35.8 Å². The number of nitrogens with zero attached hydrogens (tertiary/aromatic N) is 1. The normalized spacial score (nSPS) is 18.2. The zero-order chi connectivity index (χ0) is 8.44. The van der Waals surface area contributed by atoms with Gasteiger partial charge in [-0.3, -0.25) is 0 Å². The SMILES string of the molecule is N#CC1(CNc2cccs2)CC1. The molecule has 62 valence electrons. The minimum atomic E-state index is -0.0377. The number of hydrogen-bond acceptors (Lipinski definition) is 3. The van der Waals surface area contributed by atoms with E-state index in [2.05, 4.69) is 11.4 Å². The molecule has 3 heteroatoms. The smallest absolute Gasteiger partial charge is 0.0882 e. The van der Waals surface area contributed by atoms with Gasteiger partial charge in [0.05, 0.1) is 16.5 Å². The van der Waals surface area contributed by atoms with Crippen LogP contribution in [0.25, 0.3) is 0 Å². The summed E-state index contributed by atoms with van der Waals surface area (Å²) in [6, 6.07) is 6.41. The van der Waals surface area contributed by atoms with E-state index in [1.807, 2.05) is 17.5 Å². The lowest BCUT2D eigenvalue weighted by Gasteiger charge is -2.06. The molecule has 0 aliphatic heterocycles. The lowest BCUT2D eigenvalue weighted by atomic mass is 10.1. The molecule has 0 atom stereocenters. The van der Waals surface area contributed by atoms with Gasteiger partial charge >= 0.3 is 0 Å². The summed E-state index contributed by atoms with van der Waals surface area (Å²) in [4.78, 5) is 0. The Labute approximate surface area is 75.8 Å². The van der Waals surface area contributed by atoms with Crippen LogP contribution in [-0.4, -0.2) is 6.54 Å². The van der Waals surface area contributed by atoms with Crippen LogP contribution in [0.4, 0.5) is 5.00 Å². The average Bonchev–Trinajstić information content (AvgIpc) is 2.70. The predicted molar refractivity (Wildman–Crippen MR) is 50.1 cm³/mol. The minimum Gasteiger partial charge on any atom is -0.375 e. The Morgan fingerprint density at radius 1 is 1.67 bits per heavy atom. The van der Waals surface area contributed by atoms with Gasteiger partial charge in [0.2, 0.25) is 0 Å². The fraction of sp³-hybridized carbons (Fsp3) is 0.444. The first-order valence-corrected chi connectivity index (χ1v) is 4.91. The van der Waals surface area contributed by atoms with Crippen LogP contribution in [0.1, 0.15) is 12.8 Å². The molecule has 1 aliphatic carbocycles. The van der Waals surface area contributed by atoms with Crippen molar-refractivity contribution < 1.29 is 0 Å². The third-order valence-corrected chi connectivity index (χ3v) is 3.04. The van der Waals surface area contributed by atoms with Crippen LogP contribution < -0.4 is 5.32 Å². The molecule has 2 rings (SSSR count). The maximum atomic E-state index is 8.80. The monoisotopic (exact) mass is 178 g/mol. The van der Waals surface area contributed by atoms with E-state index < -0.39 is 0 Å². The molecule has 0 unspecified atom stereocenters. The molecule has 1 aromatic rings. The van der Waals surface area contributed by atoms with Crippen LogP contribution in [0.15, 0.2) is 17.5 Å². The Morgan fingerprint density at radius 2 is 2.50 bits per heavy atom. The highest BCUT2D eigenvalue weighted by Gasteiger charge is 2.42. The molecular formula is C9H10N2S. The van der Waals surface area contributed by atoms with Crippen molar-refractivity contribution in [2.45, 2.75) is 12.8 Å². The second-order valence-electron chi connectivity index (χ2n) is 3.22. The minimum absolute atomic E-state index is 0.0377. The number of nitriles is 1. The zero-order valence-corrected chi connectivity index (χ0v) is 7.53. The molecule has 0 saturated heterocycles. The zero-order valence-electron chi connectivity index (χ0n) is 6.71. The van der Waals surface area contributed by atoms with Crippen LogP contribution in [0.3, 0.4) is 0 Å². The Morgan fingerprint density at radius 3 is 3.00 bits per heavy atom. The summed E-state index contributed by atoms with van der Waals surface area (Å²) in [5, 5.41) is 15.3. The summed E-state index contributed by atoms with van der Waals surface area (Å²) in [6.07, 6.45) is 2.11. The molecule has 1 heterocycles. The molecule has 1 N–H and O–H groups in total. The van der Waals surface area contributed by atoms with E-state index in [9.17, 15) is 0 Å². The highest BCUT2D eigenvalue weighted by atomic mass is 32.1. The lowest BCUT2D eigenvalue weighted by molar-refractivity contribution is 0.712. The van der Waals surface area contributed by atoms with E-state index in [1.54, 1.807) is 11.3 Å². The van der Waals surface area contributed by atoms with Crippen molar-refractivity contribution in [3.05, 3.63) is 17.5 Å². The first-order chi connectivity index (χ1) is 5.85. The van der Waals surface area contributed by atoms with Gasteiger partial charge in [0.15, 0.2) is 0 Å². The van der Waals surface area contributed by atoms with Gasteiger partial charge in [0, 0.05) is 6.54 Å². The Balaban J connectivity index is 1.88. The van der Waals surface area contributed by atoms with Gasteiger partial charge in [0.25, 0.3) is 0 Å². The van der Waals surface area contributed by atoms with E-state index in [1.165, 1.54) is 0 Å².